The van der Waals surface area contributed by atoms with Gasteiger partial charge in [-0.15, -0.1) is 0 Å². The number of carbonyl (C=O) groups is 1. The molecule has 4 nitrogen and oxygen atoms in total. The third-order valence-electron chi connectivity index (χ3n) is 3.65. The summed E-state index contributed by atoms with van der Waals surface area (Å²) in [6.45, 7) is 4.49. The summed E-state index contributed by atoms with van der Waals surface area (Å²) in [5.74, 6) is 1.54. The lowest BCUT2D eigenvalue weighted by Gasteiger charge is -2.25. The van der Waals surface area contributed by atoms with Crippen LogP contribution in [0, 0.1) is 0 Å². The third-order valence-corrected chi connectivity index (χ3v) is 3.65. The van der Waals surface area contributed by atoms with Crippen molar-refractivity contribution >= 4 is 11.6 Å². The van der Waals surface area contributed by atoms with E-state index in [9.17, 15) is 4.79 Å². The minimum Gasteiger partial charge on any atom is -0.485 e. The highest BCUT2D eigenvalue weighted by molar-refractivity contribution is 5.94. The molecular formula is C18H19NO3. The molecule has 2 aromatic carbocycles. The fourth-order valence-corrected chi connectivity index (χ4v) is 2.32. The standard InChI is InChI=1S/C18H19NO3/c1-12(2)13-7-9-14(10-8-13)19-18(20)17-11-21-15-5-3-4-6-16(15)22-17/h3-10,12,17H,11H2,1-2H3,(H,19,20)/t17-/m1/s1. The molecular weight excluding hydrogens is 278 g/mol. The van der Waals surface area contributed by atoms with E-state index in [-0.39, 0.29) is 12.5 Å². The van der Waals surface area contributed by atoms with Gasteiger partial charge >= 0.3 is 0 Å². The predicted octanol–water partition coefficient (Wildman–Crippen LogP) is 3.59. The molecule has 0 saturated heterocycles. The first-order chi connectivity index (χ1) is 10.6. The molecule has 0 saturated carbocycles. The molecule has 1 N–H and O–H groups in total. The van der Waals surface area contributed by atoms with Gasteiger partial charge in [-0.1, -0.05) is 38.1 Å². The zero-order valence-corrected chi connectivity index (χ0v) is 12.7. The minimum absolute atomic E-state index is 0.202. The molecule has 1 aliphatic heterocycles. The second-order valence-electron chi connectivity index (χ2n) is 5.63. The van der Waals surface area contributed by atoms with Crippen LogP contribution in [0.15, 0.2) is 48.5 Å². The molecule has 1 atom stereocenters. The average molecular weight is 297 g/mol. The van der Waals surface area contributed by atoms with E-state index < -0.39 is 6.10 Å². The molecule has 3 rings (SSSR count). The Morgan fingerprint density at radius 1 is 1.09 bits per heavy atom. The van der Waals surface area contributed by atoms with Crippen molar-refractivity contribution in [2.24, 2.45) is 0 Å². The predicted molar refractivity (Wildman–Crippen MR) is 85.5 cm³/mol. The molecule has 22 heavy (non-hydrogen) atoms. The molecule has 0 spiro atoms. The van der Waals surface area contributed by atoms with E-state index >= 15 is 0 Å². The van der Waals surface area contributed by atoms with Gasteiger partial charge in [-0.3, -0.25) is 4.79 Å². The number of para-hydroxylation sites is 2. The maximum absolute atomic E-state index is 12.3. The molecule has 0 unspecified atom stereocenters. The summed E-state index contributed by atoms with van der Waals surface area (Å²) in [6, 6.07) is 15.2. The Kier molecular flexibility index (Phi) is 4.00. The van der Waals surface area contributed by atoms with Crippen molar-refractivity contribution in [3.8, 4) is 11.5 Å². The summed E-state index contributed by atoms with van der Waals surface area (Å²) in [4.78, 5) is 12.3. The van der Waals surface area contributed by atoms with Crippen molar-refractivity contribution in [1.82, 2.24) is 0 Å². The van der Waals surface area contributed by atoms with E-state index in [0.717, 1.165) is 5.69 Å². The van der Waals surface area contributed by atoms with Gasteiger partial charge in [0.2, 0.25) is 6.10 Å². The van der Waals surface area contributed by atoms with Gasteiger partial charge in [0.15, 0.2) is 11.5 Å². The molecule has 0 aliphatic carbocycles. The summed E-state index contributed by atoms with van der Waals surface area (Å²) in [6.07, 6.45) is -0.639. The minimum atomic E-state index is -0.639. The maximum atomic E-state index is 12.3. The quantitative estimate of drug-likeness (QED) is 0.942. The van der Waals surface area contributed by atoms with Gasteiger partial charge in [-0.2, -0.15) is 0 Å². The van der Waals surface area contributed by atoms with Gasteiger partial charge in [0.05, 0.1) is 0 Å². The van der Waals surface area contributed by atoms with Crippen LogP contribution in [0.5, 0.6) is 11.5 Å². The monoisotopic (exact) mass is 297 g/mol. The number of fused-ring (bicyclic) bond motifs is 1. The number of benzene rings is 2. The van der Waals surface area contributed by atoms with E-state index in [2.05, 4.69) is 19.2 Å². The molecule has 1 aliphatic rings. The molecule has 0 fully saturated rings. The second kappa shape index (κ2) is 6.10. The fourth-order valence-electron chi connectivity index (χ4n) is 2.32. The number of ether oxygens (including phenoxy) is 2. The number of carbonyl (C=O) groups excluding carboxylic acids is 1. The number of rotatable bonds is 3. The van der Waals surface area contributed by atoms with Gasteiger partial charge < -0.3 is 14.8 Å². The Morgan fingerprint density at radius 2 is 1.77 bits per heavy atom. The van der Waals surface area contributed by atoms with Crippen molar-refractivity contribution in [3.05, 3.63) is 54.1 Å². The summed E-state index contributed by atoms with van der Waals surface area (Å²) in [5.41, 5.74) is 2.00. The molecule has 4 heteroatoms. The Hall–Kier alpha value is -2.49. The van der Waals surface area contributed by atoms with Gasteiger partial charge in [0.25, 0.3) is 5.91 Å². The largest absolute Gasteiger partial charge is 0.485 e. The van der Waals surface area contributed by atoms with Crippen LogP contribution in [0.4, 0.5) is 5.69 Å². The van der Waals surface area contributed by atoms with Crippen molar-refractivity contribution in [2.45, 2.75) is 25.9 Å². The lowest BCUT2D eigenvalue weighted by molar-refractivity contribution is -0.125. The smallest absolute Gasteiger partial charge is 0.269 e. The fraction of sp³-hybridized carbons (Fsp3) is 0.278. The Bertz CT molecular complexity index is 664. The third kappa shape index (κ3) is 3.06. The number of nitrogens with one attached hydrogen (secondary N) is 1. The molecule has 1 amide bonds. The van der Waals surface area contributed by atoms with Crippen molar-refractivity contribution in [3.63, 3.8) is 0 Å². The van der Waals surface area contributed by atoms with Crippen molar-refractivity contribution < 1.29 is 14.3 Å². The van der Waals surface area contributed by atoms with Crippen LogP contribution in [-0.2, 0) is 4.79 Å². The van der Waals surface area contributed by atoms with Crippen molar-refractivity contribution in [1.29, 1.82) is 0 Å². The average Bonchev–Trinajstić information content (AvgIpc) is 2.55. The first kappa shape index (κ1) is 14.4. The van der Waals surface area contributed by atoms with Crippen molar-refractivity contribution in [2.75, 3.05) is 11.9 Å². The molecule has 0 aromatic heterocycles. The Balaban J connectivity index is 1.65. The van der Waals surface area contributed by atoms with Crippen LogP contribution in [0.1, 0.15) is 25.3 Å². The van der Waals surface area contributed by atoms with Crippen LogP contribution < -0.4 is 14.8 Å². The Labute approximate surface area is 130 Å². The maximum Gasteiger partial charge on any atom is 0.269 e. The van der Waals surface area contributed by atoms with E-state index in [1.165, 1.54) is 5.56 Å². The molecule has 0 bridgehead atoms. The van der Waals surface area contributed by atoms with E-state index in [0.29, 0.717) is 17.4 Å². The van der Waals surface area contributed by atoms with E-state index in [4.69, 9.17) is 9.47 Å². The summed E-state index contributed by atoms with van der Waals surface area (Å²) >= 11 is 0. The van der Waals surface area contributed by atoms with Crippen LogP contribution in [0.25, 0.3) is 0 Å². The zero-order chi connectivity index (χ0) is 15.5. The highest BCUT2D eigenvalue weighted by Gasteiger charge is 2.27. The van der Waals surface area contributed by atoms with Crippen LogP contribution in [0.3, 0.4) is 0 Å². The van der Waals surface area contributed by atoms with Gasteiger partial charge in [0, 0.05) is 5.69 Å². The van der Waals surface area contributed by atoms with E-state index in [1.807, 2.05) is 42.5 Å². The summed E-state index contributed by atoms with van der Waals surface area (Å²) in [7, 11) is 0. The summed E-state index contributed by atoms with van der Waals surface area (Å²) < 4.78 is 11.3. The number of amides is 1. The topological polar surface area (TPSA) is 47.6 Å². The lowest BCUT2D eigenvalue weighted by atomic mass is 10.0. The first-order valence-corrected chi connectivity index (χ1v) is 7.43. The normalized spacial score (nSPS) is 16.4. The Morgan fingerprint density at radius 3 is 2.45 bits per heavy atom. The highest BCUT2D eigenvalue weighted by atomic mass is 16.6. The van der Waals surface area contributed by atoms with Gasteiger partial charge in [-0.05, 0) is 35.7 Å². The molecule has 0 radical (unpaired) electrons. The number of hydrogen-bond donors (Lipinski definition) is 1. The number of anilines is 1. The second-order valence-corrected chi connectivity index (χ2v) is 5.63. The van der Waals surface area contributed by atoms with Crippen LogP contribution in [-0.4, -0.2) is 18.6 Å². The summed E-state index contributed by atoms with van der Waals surface area (Å²) in [5, 5.41) is 2.86. The van der Waals surface area contributed by atoms with Crippen LogP contribution in [0.2, 0.25) is 0 Å². The SMILES string of the molecule is CC(C)c1ccc(NC(=O)[C@H]2COc3ccccc3O2)cc1. The molecule has 114 valence electrons. The number of hydrogen-bond acceptors (Lipinski definition) is 3. The highest BCUT2D eigenvalue weighted by Crippen LogP contribution is 2.31. The zero-order valence-electron chi connectivity index (χ0n) is 12.7. The lowest BCUT2D eigenvalue weighted by Crippen LogP contribution is -2.40. The molecule has 2 aromatic rings. The van der Waals surface area contributed by atoms with Gasteiger partial charge in [-0.25, -0.2) is 0 Å². The van der Waals surface area contributed by atoms with Gasteiger partial charge in [0.1, 0.15) is 6.61 Å². The first-order valence-electron chi connectivity index (χ1n) is 7.43. The van der Waals surface area contributed by atoms with Crippen LogP contribution >= 0.6 is 0 Å². The molecule has 1 heterocycles. The van der Waals surface area contributed by atoms with E-state index in [1.54, 1.807) is 6.07 Å².